The van der Waals surface area contributed by atoms with Crippen LogP contribution in [0.3, 0.4) is 0 Å². The molecule has 1 amide bonds. The topological polar surface area (TPSA) is 82.2 Å². The predicted molar refractivity (Wildman–Crippen MR) is 97.5 cm³/mol. The van der Waals surface area contributed by atoms with E-state index in [1.54, 1.807) is 17.1 Å². The molecule has 0 bridgehead atoms. The number of ether oxygens (including phenoxy) is 1. The lowest BCUT2D eigenvalue weighted by molar-refractivity contribution is -0.128. The number of hydrogen-bond donors (Lipinski definition) is 2. The van der Waals surface area contributed by atoms with Gasteiger partial charge in [-0.2, -0.15) is 5.10 Å². The molecule has 0 unspecified atom stereocenters. The number of carbonyl (C=O) groups is 1. The molecule has 1 aromatic heterocycles. The first-order valence-electron chi connectivity index (χ1n) is 8.43. The van der Waals surface area contributed by atoms with Crippen molar-refractivity contribution in [3.8, 4) is 0 Å². The zero-order valence-corrected chi connectivity index (χ0v) is 15.7. The minimum atomic E-state index is 0. The summed E-state index contributed by atoms with van der Waals surface area (Å²) >= 11 is 5.81. The Morgan fingerprint density at radius 2 is 2.33 bits per heavy atom. The van der Waals surface area contributed by atoms with E-state index in [1.807, 2.05) is 0 Å². The molecule has 8 heteroatoms. The number of nitrogens with zero attached hydrogens (tertiary/aromatic N) is 2. The van der Waals surface area contributed by atoms with Crippen LogP contribution in [0.4, 0.5) is 0 Å². The van der Waals surface area contributed by atoms with Crippen molar-refractivity contribution in [2.75, 3.05) is 13.2 Å². The first-order valence-corrected chi connectivity index (χ1v) is 8.80. The number of hydrogen-bond acceptors (Lipinski definition) is 4. The van der Waals surface area contributed by atoms with E-state index >= 15 is 0 Å². The van der Waals surface area contributed by atoms with Crippen LogP contribution in [0.15, 0.2) is 12.4 Å². The van der Waals surface area contributed by atoms with Gasteiger partial charge >= 0.3 is 0 Å². The SMILES string of the molecule is CCCO[C@@H]1C[C@@H](C(=O)NCCCn2cc(Cl)cn2)CC[C@H]1N.Cl. The second-order valence-electron chi connectivity index (χ2n) is 6.15. The Balaban J connectivity index is 0.00000288. The monoisotopic (exact) mass is 378 g/mol. The van der Waals surface area contributed by atoms with Crippen LogP contribution in [0.1, 0.15) is 39.0 Å². The normalized spacial score (nSPS) is 23.5. The Hall–Kier alpha value is -0.820. The Morgan fingerprint density at radius 1 is 1.54 bits per heavy atom. The van der Waals surface area contributed by atoms with Crippen LogP contribution in [0, 0.1) is 5.92 Å². The van der Waals surface area contributed by atoms with Gasteiger partial charge < -0.3 is 15.8 Å². The lowest BCUT2D eigenvalue weighted by Crippen LogP contribution is -2.46. The van der Waals surface area contributed by atoms with E-state index in [0.717, 1.165) is 38.6 Å². The number of nitrogens with one attached hydrogen (secondary N) is 1. The van der Waals surface area contributed by atoms with Crippen LogP contribution in [0.5, 0.6) is 0 Å². The zero-order valence-electron chi connectivity index (χ0n) is 14.1. The summed E-state index contributed by atoms with van der Waals surface area (Å²) in [6.45, 7) is 4.16. The highest BCUT2D eigenvalue weighted by Gasteiger charge is 2.32. The highest BCUT2D eigenvalue weighted by atomic mass is 35.5. The molecular weight excluding hydrogens is 351 g/mol. The molecule has 1 saturated carbocycles. The van der Waals surface area contributed by atoms with Crippen LogP contribution in [0.2, 0.25) is 5.02 Å². The second-order valence-corrected chi connectivity index (χ2v) is 6.59. The van der Waals surface area contributed by atoms with E-state index < -0.39 is 0 Å². The quantitative estimate of drug-likeness (QED) is 0.680. The number of carbonyl (C=O) groups excluding carboxylic acids is 1. The van der Waals surface area contributed by atoms with E-state index in [2.05, 4.69) is 17.3 Å². The Morgan fingerprint density at radius 3 is 3.00 bits per heavy atom. The van der Waals surface area contributed by atoms with E-state index in [9.17, 15) is 4.79 Å². The number of aromatic nitrogens is 2. The van der Waals surface area contributed by atoms with Gasteiger partial charge in [0, 0.05) is 37.9 Å². The van der Waals surface area contributed by atoms with E-state index in [0.29, 0.717) is 18.2 Å². The van der Waals surface area contributed by atoms with Gasteiger partial charge in [0.05, 0.1) is 17.3 Å². The van der Waals surface area contributed by atoms with E-state index in [-0.39, 0.29) is 36.4 Å². The maximum atomic E-state index is 12.3. The molecule has 0 aliphatic heterocycles. The van der Waals surface area contributed by atoms with Gasteiger partial charge in [0.25, 0.3) is 0 Å². The molecule has 24 heavy (non-hydrogen) atoms. The summed E-state index contributed by atoms with van der Waals surface area (Å²) in [5.41, 5.74) is 6.09. The van der Waals surface area contributed by atoms with Crippen LogP contribution < -0.4 is 11.1 Å². The maximum absolute atomic E-state index is 12.3. The van der Waals surface area contributed by atoms with Crippen molar-refractivity contribution in [1.29, 1.82) is 0 Å². The van der Waals surface area contributed by atoms with Gasteiger partial charge in [0.2, 0.25) is 5.91 Å². The van der Waals surface area contributed by atoms with Gasteiger partial charge in [-0.3, -0.25) is 9.48 Å². The standard InChI is InChI=1S/C16H27ClN4O2.ClH/c1-2-8-23-15-9-12(4-5-14(15)18)16(22)19-6-3-7-21-11-13(17)10-20-21;/h10-12,14-15H,2-9,18H2,1H3,(H,19,22);1H/t12-,14+,15+;/m0./s1. The molecule has 1 aliphatic carbocycles. The van der Waals surface area contributed by atoms with E-state index in [4.69, 9.17) is 22.1 Å². The fourth-order valence-corrected chi connectivity index (χ4v) is 3.07. The maximum Gasteiger partial charge on any atom is 0.223 e. The average molecular weight is 379 g/mol. The van der Waals surface area contributed by atoms with Crippen molar-refractivity contribution in [3.05, 3.63) is 17.4 Å². The molecule has 0 aromatic carbocycles. The molecular formula is C16H28Cl2N4O2. The van der Waals surface area contributed by atoms with Crippen molar-refractivity contribution in [2.45, 2.75) is 57.7 Å². The number of rotatable bonds is 8. The number of halogens is 2. The molecule has 138 valence electrons. The molecule has 0 saturated heterocycles. The van der Waals surface area contributed by atoms with Crippen molar-refractivity contribution < 1.29 is 9.53 Å². The first kappa shape index (κ1) is 21.2. The lowest BCUT2D eigenvalue weighted by atomic mass is 9.83. The van der Waals surface area contributed by atoms with Gasteiger partial charge in [-0.15, -0.1) is 12.4 Å². The van der Waals surface area contributed by atoms with Crippen molar-refractivity contribution in [1.82, 2.24) is 15.1 Å². The highest BCUT2D eigenvalue weighted by Crippen LogP contribution is 2.26. The van der Waals surface area contributed by atoms with Gasteiger partial charge in [-0.05, 0) is 32.1 Å². The fraction of sp³-hybridized carbons (Fsp3) is 0.750. The molecule has 1 heterocycles. The molecule has 3 N–H and O–H groups in total. The molecule has 0 spiro atoms. The lowest BCUT2D eigenvalue weighted by Gasteiger charge is -2.33. The third-order valence-corrected chi connectivity index (χ3v) is 4.41. The molecule has 1 aromatic rings. The van der Waals surface area contributed by atoms with Crippen molar-refractivity contribution >= 4 is 29.9 Å². The molecule has 1 fully saturated rings. The molecule has 2 rings (SSSR count). The van der Waals surface area contributed by atoms with Gasteiger partial charge in [0.15, 0.2) is 0 Å². The Kier molecular flexibility index (Phi) is 9.66. The zero-order chi connectivity index (χ0) is 16.7. The first-order chi connectivity index (χ1) is 11.1. The van der Waals surface area contributed by atoms with Crippen molar-refractivity contribution in [2.24, 2.45) is 11.7 Å². The highest BCUT2D eigenvalue weighted by molar-refractivity contribution is 6.30. The third-order valence-electron chi connectivity index (χ3n) is 4.21. The number of aryl methyl sites for hydroxylation is 1. The largest absolute Gasteiger partial charge is 0.377 e. The summed E-state index contributed by atoms with van der Waals surface area (Å²) < 4.78 is 7.56. The van der Waals surface area contributed by atoms with Gasteiger partial charge in [-0.1, -0.05) is 18.5 Å². The molecule has 6 nitrogen and oxygen atoms in total. The summed E-state index contributed by atoms with van der Waals surface area (Å²) in [5.74, 6) is 0.122. The van der Waals surface area contributed by atoms with Crippen LogP contribution in [-0.2, 0) is 16.1 Å². The Bertz CT molecular complexity index is 498. The minimum Gasteiger partial charge on any atom is -0.377 e. The van der Waals surface area contributed by atoms with E-state index in [1.165, 1.54) is 0 Å². The van der Waals surface area contributed by atoms with Crippen LogP contribution >= 0.6 is 24.0 Å². The minimum absolute atomic E-state index is 0. The van der Waals surface area contributed by atoms with Gasteiger partial charge in [-0.25, -0.2) is 0 Å². The van der Waals surface area contributed by atoms with Gasteiger partial charge in [0.1, 0.15) is 0 Å². The third kappa shape index (κ3) is 6.59. The molecule has 0 radical (unpaired) electrons. The summed E-state index contributed by atoms with van der Waals surface area (Å²) in [6, 6.07) is 0.0511. The van der Waals surface area contributed by atoms with Crippen LogP contribution in [0.25, 0.3) is 0 Å². The smallest absolute Gasteiger partial charge is 0.223 e. The average Bonchev–Trinajstić information content (AvgIpc) is 2.96. The van der Waals surface area contributed by atoms with Crippen molar-refractivity contribution in [3.63, 3.8) is 0 Å². The molecule has 3 atom stereocenters. The summed E-state index contributed by atoms with van der Waals surface area (Å²) in [4.78, 5) is 12.3. The fourth-order valence-electron chi connectivity index (χ4n) is 2.91. The number of nitrogens with two attached hydrogens (primary N) is 1. The number of amides is 1. The summed E-state index contributed by atoms with van der Waals surface area (Å²) in [6.07, 6.45) is 7.60. The molecule has 1 aliphatic rings. The predicted octanol–water partition coefficient (Wildman–Crippen LogP) is 2.39. The Labute approximate surface area is 154 Å². The second kappa shape index (κ2) is 10.9. The van der Waals surface area contributed by atoms with Crippen LogP contribution in [-0.4, -0.2) is 41.0 Å². The summed E-state index contributed by atoms with van der Waals surface area (Å²) in [5, 5.41) is 7.75. The summed E-state index contributed by atoms with van der Waals surface area (Å²) in [7, 11) is 0.